The number of carbonyl (C=O) groups excluding carboxylic acids is 1. The van der Waals surface area contributed by atoms with Crippen molar-refractivity contribution >= 4 is 33.0 Å². The zero-order valence-corrected chi connectivity index (χ0v) is 20.0. The number of aryl methyl sites for hydroxylation is 3. The molecular weight excluding hydrogens is 440 g/mol. The summed E-state index contributed by atoms with van der Waals surface area (Å²) in [5, 5.41) is 5.09. The predicted octanol–water partition coefficient (Wildman–Crippen LogP) is 4.61. The molecule has 0 bridgehead atoms. The number of anilines is 1. The Balaban J connectivity index is 1.61. The Morgan fingerprint density at radius 3 is 2.50 bits per heavy atom. The van der Waals surface area contributed by atoms with E-state index in [0.29, 0.717) is 5.69 Å². The Morgan fingerprint density at radius 2 is 1.81 bits per heavy atom. The van der Waals surface area contributed by atoms with Crippen molar-refractivity contribution in [1.29, 1.82) is 0 Å². The van der Waals surface area contributed by atoms with Crippen molar-refractivity contribution in [2.75, 3.05) is 17.1 Å². The summed E-state index contributed by atoms with van der Waals surface area (Å²) in [7, 11) is -3.63. The van der Waals surface area contributed by atoms with E-state index in [-0.39, 0.29) is 18.5 Å². The number of fused-ring (bicyclic) bond motifs is 1. The van der Waals surface area contributed by atoms with Crippen LogP contribution in [0.1, 0.15) is 46.0 Å². The number of benzene rings is 2. The molecule has 4 rings (SSSR count). The molecule has 1 unspecified atom stereocenters. The van der Waals surface area contributed by atoms with Crippen molar-refractivity contribution in [2.24, 2.45) is 0 Å². The molecule has 5 nitrogen and oxygen atoms in total. The Bertz CT molecular complexity index is 1200. The second kappa shape index (κ2) is 9.46. The van der Waals surface area contributed by atoms with Crippen LogP contribution in [0, 0.1) is 6.92 Å². The van der Waals surface area contributed by atoms with E-state index in [4.69, 9.17) is 0 Å². The van der Waals surface area contributed by atoms with Crippen LogP contribution in [0.2, 0.25) is 0 Å². The fourth-order valence-corrected chi connectivity index (χ4v) is 5.98. The molecule has 1 aliphatic rings. The summed E-state index contributed by atoms with van der Waals surface area (Å²) < 4.78 is 26.2. The average molecular weight is 469 g/mol. The first-order valence-corrected chi connectivity index (χ1v) is 13.5. The first-order valence-electron chi connectivity index (χ1n) is 10.8. The van der Waals surface area contributed by atoms with Crippen molar-refractivity contribution in [1.82, 2.24) is 5.32 Å². The monoisotopic (exact) mass is 468 g/mol. The standard InChI is InChI=1S/C25H28N2O3S2/c1-18-8-3-6-11-22(18)27(32(2,29)30)17-24(28)26-25(23-12-7-15-31-23)21-14-13-19-9-4-5-10-20(19)16-21/h3,6-8,11-16,25H,4-5,9-10,17H2,1-2H3,(H,26,28). The van der Waals surface area contributed by atoms with Crippen molar-refractivity contribution in [2.45, 2.75) is 38.6 Å². The van der Waals surface area contributed by atoms with Crippen LogP contribution in [0.25, 0.3) is 0 Å². The fourth-order valence-electron chi connectivity index (χ4n) is 4.27. The molecule has 1 aliphatic carbocycles. The van der Waals surface area contributed by atoms with Crippen LogP contribution in [0.4, 0.5) is 5.69 Å². The number of hydrogen-bond donors (Lipinski definition) is 1. The number of nitrogens with one attached hydrogen (secondary N) is 1. The summed E-state index contributed by atoms with van der Waals surface area (Å²) in [4.78, 5) is 14.2. The molecule has 0 aliphatic heterocycles. The van der Waals surface area contributed by atoms with Crippen molar-refractivity contribution in [3.63, 3.8) is 0 Å². The van der Waals surface area contributed by atoms with E-state index >= 15 is 0 Å². The van der Waals surface area contributed by atoms with Crippen molar-refractivity contribution in [3.05, 3.63) is 87.1 Å². The van der Waals surface area contributed by atoms with E-state index in [1.807, 2.05) is 36.6 Å². The van der Waals surface area contributed by atoms with Crippen molar-refractivity contribution < 1.29 is 13.2 Å². The van der Waals surface area contributed by atoms with Gasteiger partial charge in [-0.15, -0.1) is 11.3 Å². The molecule has 0 radical (unpaired) electrons. The van der Waals surface area contributed by atoms with Crippen LogP contribution >= 0.6 is 11.3 Å². The molecule has 1 amide bonds. The van der Waals surface area contributed by atoms with Gasteiger partial charge in [-0.05, 0) is 72.4 Å². The number of nitrogens with zero attached hydrogens (tertiary/aromatic N) is 1. The van der Waals surface area contributed by atoms with Crippen LogP contribution in [-0.4, -0.2) is 27.1 Å². The summed E-state index contributed by atoms with van der Waals surface area (Å²) in [5.74, 6) is -0.338. The zero-order valence-electron chi connectivity index (χ0n) is 18.4. The van der Waals surface area contributed by atoms with Gasteiger partial charge in [0.2, 0.25) is 15.9 Å². The van der Waals surface area contributed by atoms with Crippen LogP contribution in [-0.2, 0) is 27.7 Å². The molecule has 3 aromatic rings. The minimum Gasteiger partial charge on any atom is -0.343 e. The lowest BCUT2D eigenvalue weighted by Crippen LogP contribution is -2.42. The number of rotatable bonds is 7. The third-order valence-electron chi connectivity index (χ3n) is 5.91. The maximum absolute atomic E-state index is 13.1. The number of para-hydroxylation sites is 1. The van der Waals surface area contributed by atoms with Gasteiger partial charge < -0.3 is 5.32 Å². The quantitative estimate of drug-likeness (QED) is 0.551. The zero-order chi connectivity index (χ0) is 22.7. The third kappa shape index (κ3) is 5.05. The third-order valence-corrected chi connectivity index (χ3v) is 7.97. The largest absolute Gasteiger partial charge is 0.343 e. The number of sulfonamides is 1. The summed E-state index contributed by atoms with van der Waals surface area (Å²) >= 11 is 1.58. The van der Waals surface area contributed by atoms with Crippen LogP contribution < -0.4 is 9.62 Å². The molecule has 0 saturated heterocycles. The molecule has 32 heavy (non-hydrogen) atoms. The van der Waals surface area contributed by atoms with Gasteiger partial charge in [0, 0.05) is 4.88 Å². The second-order valence-electron chi connectivity index (χ2n) is 8.31. The van der Waals surface area contributed by atoms with E-state index in [1.165, 1.54) is 28.3 Å². The Morgan fingerprint density at radius 1 is 1.06 bits per heavy atom. The molecule has 0 saturated carbocycles. The lowest BCUT2D eigenvalue weighted by Gasteiger charge is -2.26. The molecule has 0 spiro atoms. The molecule has 1 atom stereocenters. The van der Waals surface area contributed by atoms with Gasteiger partial charge in [0.1, 0.15) is 6.54 Å². The number of thiophene rings is 1. The Hall–Kier alpha value is -2.64. The number of amides is 1. The second-order valence-corrected chi connectivity index (χ2v) is 11.2. The minimum atomic E-state index is -3.63. The summed E-state index contributed by atoms with van der Waals surface area (Å²) in [6, 6.07) is 17.3. The SMILES string of the molecule is Cc1ccccc1N(CC(=O)NC(c1ccc2c(c1)CCCC2)c1cccs1)S(C)(=O)=O. The summed E-state index contributed by atoms with van der Waals surface area (Å²) in [6.07, 6.45) is 5.70. The highest BCUT2D eigenvalue weighted by Gasteiger charge is 2.25. The maximum Gasteiger partial charge on any atom is 0.241 e. The highest BCUT2D eigenvalue weighted by molar-refractivity contribution is 7.92. The summed E-state index contributed by atoms with van der Waals surface area (Å²) in [6.45, 7) is 1.57. The Labute approximate surface area is 194 Å². The number of hydrogen-bond acceptors (Lipinski definition) is 4. The highest BCUT2D eigenvalue weighted by Crippen LogP contribution is 2.30. The van der Waals surface area contributed by atoms with Crippen LogP contribution in [0.3, 0.4) is 0 Å². The Kier molecular flexibility index (Phi) is 6.67. The molecule has 0 fully saturated rings. The molecule has 168 valence electrons. The van der Waals surface area contributed by atoms with E-state index < -0.39 is 10.0 Å². The lowest BCUT2D eigenvalue weighted by molar-refractivity contribution is -0.120. The first kappa shape index (κ1) is 22.6. The first-order chi connectivity index (χ1) is 15.3. The number of carbonyl (C=O) groups is 1. The summed E-state index contributed by atoms with van der Waals surface area (Å²) in [5.41, 5.74) is 5.09. The van der Waals surface area contributed by atoms with Gasteiger partial charge in [-0.2, -0.15) is 0 Å². The molecular formula is C25H28N2O3S2. The predicted molar refractivity (Wildman–Crippen MR) is 131 cm³/mol. The van der Waals surface area contributed by atoms with Gasteiger partial charge in [-0.1, -0.05) is 42.5 Å². The van der Waals surface area contributed by atoms with Crippen LogP contribution in [0.15, 0.2) is 60.0 Å². The van der Waals surface area contributed by atoms with E-state index in [0.717, 1.165) is 35.1 Å². The van der Waals surface area contributed by atoms with Gasteiger partial charge >= 0.3 is 0 Å². The van der Waals surface area contributed by atoms with Gasteiger partial charge in [0.05, 0.1) is 18.0 Å². The fraction of sp³-hybridized carbons (Fsp3) is 0.320. The van der Waals surface area contributed by atoms with Crippen molar-refractivity contribution in [3.8, 4) is 0 Å². The van der Waals surface area contributed by atoms with E-state index in [2.05, 4.69) is 23.5 Å². The topological polar surface area (TPSA) is 66.5 Å². The molecule has 1 aromatic heterocycles. The van der Waals surface area contributed by atoms with E-state index in [9.17, 15) is 13.2 Å². The van der Waals surface area contributed by atoms with Gasteiger partial charge in [-0.3, -0.25) is 9.10 Å². The van der Waals surface area contributed by atoms with E-state index in [1.54, 1.807) is 23.5 Å². The highest BCUT2D eigenvalue weighted by atomic mass is 32.2. The normalized spacial score (nSPS) is 14.4. The minimum absolute atomic E-state index is 0.267. The van der Waals surface area contributed by atoms with Gasteiger partial charge in [0.25, 0.3) is 0 Å². The van der Waals surface area contributed by atoms with Gasteiger partial charge in [-0.25, -0.2) is 8.42 Å². The maximum atomic E-state index is 13.1. The average Bonchev–Trinajstić information content (AvgIpc) is 3.30. The van der Waals surface area contributed by atoms with Gasteiger partial charge in [0.15, 0.2) is 0 Å². The molecule has 7 heteroatoms. The van der Waals surface area contributed by atoms with Crippen LogP contribution in [0.5, 0.6) is 0 Å². The molecule has 1 heterocycles. The molecule has 1 N–H and O–H groups in total. The smallest absolute Gasteiger partial charge is 0.241 e. The molecule has 2 aromatic carbocycles. The lowest BCUT2D eigenvalue weighted by atomic mass is 9.89.